The summed E-state index contributed by atoms with van der Waals surface area (Å²) in [5.74, 6) is 1.35. The predicted octanol–water partition coefficient (Wildman–Crippen LogP) is 1.54. The highest BCUT2D eigenvalue weighted by Crippen LogP contribution is 2.06. The van der Waals surface area contributed by atoms with Crippen LogP contribution in [0.15, 0.2) is 22.8 Å². The topological polar surface area (TPSA) is 62.7 Å². The van der Waals surface area contributed by atoms with E-state index in [4.69, 9.17) is 10.2 Å². The Kier molecular flexibility index (Phi) is 6.75. The van der Waals surface area contributed by atoms with Gasteiger partial charge in [-0.15, -0.1) is 0 Å². The predicted molar refractivity (Wildman–Crippen MR) is 80.1 cm³/mol. The van der Waals surface area contributed by atoms with Gasteiger partial charge in [-0.3, -0.25) is 9.69 Å². The van der Waals surface area contributed by atoms with Crippen LogP contribution in [0.1, 0.15) is 26.0 Å². The Labute approximate surface area is 121 Å². The first-order valence-electron chi connectivity index (χ1n) is 7.10. The standard InChI is InChI=1S/C15H27N3O2/c1-12(2)14(16)7-8-17(3)11-15(19)18(4)10-13-6-5-9-20-13/h5-6,9,12,14H,7-8,10-11,16H2,1-4H3. The lowest BCUT2D eigenvalue weighted by Crippen LogP contribution is -2.38. The summed E-state index contributed by atoms with van der Waals surface area (Å²) in [6, 6.07) is 3.88. The van der Waals surface area contributed by atoms with Crippen LogP contribution >= 0.6 is 0 Å². The lowest BCUT2D eigenvalue weighted by Gasteiger charge is -2.23. The maximum absolute atomic E-state index is 12.1. The van der Waals surface area contributed by atoms with E-state index in [-0.39, 0.29) is 11.9 Å². The lowest BCUT2D eigenvalue weighted by atomic mass is 10.0. The van der Waals surface area contributed by atoms with Gasteiger partial charge in [0.2, 0.25) is 5.91 Å². The van der Waals surface area contributed by atoms with E-state index in [0.29, 0.717) is 19.0 Å². The fraction of sp³-hybridized carbons (Fsp3) is 0.667. The summed E-state index contributed by atoms with van der Waals surface area (Å²) in [5.41, 5.74) is 6.01. The van der Waals surface area contributed by atoms with E-state index in [0.717, 1.165) is 18.7 Å². The summed E-state index contributed by atoms with van der Waals surface area (Å²) in [7, 11) is 3.74. The van der Waals surface area contributed by atoms with Gasteiger partial charge >= 0.3 is 0 Å². The number of carbonyl (C=O) groups is 1. The van der Waals surface area contributed by atoms with Gasteiger partial charge in [-0.05, 0) is 38.1 Å². The summed E-state index contributed by atoms with van der Waals surface area (Å²) < 4.78 is 5.24. The van der Waals surface area contributed by atoms with Gasteiger partial charge in [-0.25, -0.2) is 0 Å². The van der Waals surface area contributed by atoms with E-state index in [9.17, 15) is 4.79 Å². The van der Waals surface area contributed by atoms with E-state index in [1.807, 2.05) is 24.1 Å². The molecule has 1 heterocycles. The monoisotopic (exact) mass is 281 g/mol. The molecule has 1 aromatic rings. The third kappa shape index (κ3) is 5.75. The summed E-state index contributed by atoms with van der Waals surface area (Å²) in [6.07, 6.45) is 2.52. The van der Waals surface area contributed by atoms with E-state index in [1.54, 1.807) is 18.2 Å². The third-order valence-electron chi connectivity index (χ3n) is 3.50. The fourth-order valence-corrected chi connectivity index (χ4v) is 1.86. The van der Waals surface area contributed by atoms with Crippen LogP contribution < -0.4 is 5.73 Å². The number of furan rings is 1. The quantitative estimate of drug-likeness (QED) is 0.785. The lowest BCUT2D eigenvalue weighted by molar-refractivity contribution is -0.131. The normalized spacial score (nSPS) is 12.9. The van der Waals surface area contributed by atoms with E-state index in [1.165, 1.54) is 0 Å². The summed E-state index contributed by atoms with van der Waals surface area (Å²) in [5, 5.41) is 0. The zero-order chi connectivity index (χ0) is 15.1. The molecule has 1 rings (SSSR count). The average Bonchev–Trinajstić information content (AvgIpc) is 2.88. The molecule has 5 heteroatoms. The van der Waals surface area contributed by atoms with Crippen molar-refractivity contribution in [3.63, 3.8) is 0 Å². The molecule has 0 aliphatic carbocycles. The first-order valence-corrected chi connectivity index (χ1v) is 7.10. The van der Waals surface area contributed by atoms with Crippen molar-refractivity contribution < 1.29 is 9.21 Å². The highest BCUT2D eigenvalue weighted by molar-refractivity contribution is 5.77. The van der Waals surface area contributed by atoms with Gasteiger partial charge < -0.3 is 15.1 Å². The molecular weight excluding hydrogens is 254 g/mol. The molecule has 1 unspecified atom stereocenters. The maximum atomic E-state index is 12.1. The maximum Gasteiger partial charge on any atom is 0.236 e. The van der Waals surface area contributed by atoms with Crippen molar-refractivity contribution in [2.75, 3.05) is 27.2 Å². The Morgan fingerprint density at radius 2 is 2.10 bits per heavy atom. The molecule has 2 N–H and O–H groups in total. The van der Waals surface area contributed by atoms with Crippen molar-refractivity contribution in [2.45, 2.75) is 32.9 Å². The molecular formula is C15H27N3O2. The first kappa shape index (κ1) is 16.7. The smallest absolute Gasteiger partial charge is 0.236 e. The first-order chi connectivity index (χ1) is 9.40. The molecule has 0 aliphatic rings. The molecule has 20 heavy (non-hydrogen) atoms. The Morgan fingerprint density at radius 1 is 1.40 bits per heavy atom. The molecule has 0 saturated carbocycles. The van der Waals surface area contributed by atoms with Crippen LogP contribution in [0.3, 0.4) is 0 Å². The van der Waals surface area contributed by atoms with E-state index in [2.05, 4.69) is 13.8 Å². The van der Waals surface area contributed by atoms with Gasteiger partial charge in [0, 0.05) is 13.1 Å². The molecule has 0 fully saturated rings. The van der Waals surface area contributed by atoms with Crippen LogP contribution in [0, 0.1) is 5.92 Å². The second-order valence-corrected chi connectivity index (χ2v) is 5.76. The Bertz CT molecular complexity index is 390. The number of hydrogen-bond acceptors (Lipinski definition) is 4. The van der Waals surface area contributed by atoms with Crippen molar-refractivity contribution in [2.24, 2.45) is 11.7 Å². The van der Waals surface area contributed by atoms with Crippen molar-refractivity contribution in [1.29, 1.82) is 0 Å². The molecule has 0 bridgehead atoms. The SMILES string of the molecule is CC(C)C(N)CCN(C)CC(=O)N(C)Cc1ccco1. The van der Waals surface area contributed by atoms with Gasteiger partial charge in [-0.1, -0.05) is 13.8 Å². The Morgan fingerprint density at radius 3 is 2.65 bits per heavy atom. The highest BCUT2D eigenvalue weighted by Gasteiger charge is 2.14. The van der Waals surface area contributed by atoms with Gasteiger partial charge in [0.15, 0.2) is 0 Å². The number of nitrogens with two attached hydrogens (primary N) is 1. The fourth-order valence-electron chi connectivity index (χ4n) is 1.86. The Balaban J connectivity index is 2.30. The number of rotatable bonds is 8. The minimum atomic E-state index is 0.0852. The average molecular weight is 281 g/mol. The summed E-state index contributed by atoms with van der Waals surface area (Å²) in [6.45, 7) is 5.98. The molecule has 0 aliphatic heterocycles. The van der Waals surface area contributed by atoms with Crippen molar-refractivity contribution >= 4 is 5.91 Å². The van der Waals surface area contributed by atoms with Crippen LogP contribution in [-0.4, -0.2) is 48.9 Å². The van der Waals surface area contributed by atoms with Gasteiger partial charge in [0.1, 0.15) is 5.76 Å². The number of amides is 1. The largest absolute Gasteiger partial charge is 0.467 e. The van der Waals surface area contributed by atoms with Crippen molar-refractivity contribution in [3.8, 4) is 0 Å². The van der Waals surface area contributed by atoms with Gasteiger partial charge in [-0.2, -0.15) is 0 Å². The molecule has 0 saturated heterocycles. The minimum absolute atomic E-state index is 0.0852. The Hall–Kier alpha value is -1.33. The molecule has 5 nitrogen and oxygen atoms in total. The second kappa shape index (κ2) is 8.07. The summed E-state index contributed by atoms with van der Waals surface area (Å²) in [4.78, 5) is 15.8. The number of likely N-dealkylation sites (N-methyl/N-ethyl adjacent to an activating group) is 2. The van der Waals surface area contributed by atoms with Crippen LogP contribution in [0.5, 0.6) is 0 Å². The molecule has 0 spiro atoms. The highest BCUT2D eigenvalue weighted by atomic mass is 16.3. The molecule has 0 aromatic carbocycles. The zero-order valence-electron chi connectivity index (χ0n) is 13.0. The van der Waals surface area contributed by atoms with Crippen LogP contribution in [0.4, 0.5) is 0 Å². The van der Waals surface area contributed by atoms with Crippen LogP contribution in [0.2, 0.25) is 0 Å². The number of carbonyl (C=O) groups excluding carboxylic acids is 1. The van der Waals surface area contributed by atoms with Gasteiger partial charge in [0.05, 0.1) is 19.4 Å². The van der Waals surface area contributed by atoms with Gasteiger partial charge in [0.25, 0.3) is 0 Å². The molecule has 114 valence electrons. The molecule has 1 aromatic heterocycles. The van der Waals surface area contributed by atoms with Crippen LogP contribution in [0.25, 0.3) is 0 Å². The van der Waals surface area contributed by atoms with E-state index >= 15 is 0 Å². The molecule has 0 radical (unpaired) electrons. The third-order valence-corrected chi connectivity index (χ3v) is 3.50. The van der Waals surface area contributed by atoms with Crippen molar-refractivity contribution in [1.82, 2.24) is 9.80 Å². The molecule has 1 atom stereocenters. The zero-order valence-corrected chi connectivity index (χ0v) is 13.0. The molecule has 1 amide bonds. The van der Waals surface area contributed by atoms with Crippen LogP contribution in [-0.2, 0) is 11.3 Å². The minimum Gasteiger partial charge on any atom is -0.467 e. The number of hydrogen-bond donors (Lipinski definition) is 1. The second-order valence-electron chi connectivity index (χ2n) is 5.76. The number of nitrogens with zero attached hydrogens (tertiary/aromatic N) is 2. The van der Waals surface area contributed by atoms with E-state index < -0.39 is 0 Å². The summed E-state index contributed by atoms with van der Waals surface area (Å²) >= 11 is 0. The van der Waals surface area contributed by atoms with Crippen molar-refractivity contribution in [3.05, 3.63) is 24.2 Å².